The molecule has 0 radical (unpaired) electrons. The molecule has 0 saturated carbocycles. The van der Waals surface area contributed by atoms with Crippen molar-refractivity contribution in [2.24, 2.45) is 5.73 Å². The monoisotopic (exact) mass is 206 g/mol. The lowest BCUT2D eigenvalue weighted by Crippen LogP contribution is -2.27. The van der Waals surface area contributed by atoms with Crippen molar-refractivity contribution in [3.63, 3.8) is 0 Å². The summed E-state index contributed by atoms with van der Waals surface area (Å²) < 4.78 is 5.22. The number of hydrogen-bond donors (Lipinski definition) is 1. The van der Waals surface area contributed by atoms with E-state index in [-0.39, 0.29) is 6.04 Å². The molecule has 0 aliphatic carbocycles. The van der Waals surface area contributed by atoms with Crippen molar-refractivity contribution in [1.29, 1.82) is 0 Å². The Morgan fingerprint density at radius 3 is 2.80 bits per heavy atom. The number of nitrogens with two attached hydrogens (primary N) is 1. The van der Waals surface area contributed by atoms with Crippen LogP contribution in [-0.2, 0) is 0 Å². The molecule has 1 aromatic rings. The molecule has 1 aromatic carbocycles. The normalized spacial score (nSPS) is 26.9. The van der Waals surface area contributed by atoms with Crippen molar-refractivity contribution in [3.05, 3.63) is 29.8 Å². The molecule has 0 unspecified atom stereocenters. The third kappa shape index (κ3) is 2.13. The number of methoxy groups -OCH3 is 1. The highest BCUT2D eigenvalue weighted by Crippen LogP contribution is 2.27. The van der Waals surface area contributed by atoms with Crippen LogP contribution < -0.4 is 10.5 Å². The van der Waals surface area contributed by atoms with Gasteiger partial charge in [0.2, 0.25) is 0 Å². The van der Waals surface area contributed by atoms with Crippen molar-refractivity contribution < 1.29 is 4.74 Å². The van der Waals surface area contributed by atoms with Crippen molar-refractivity contribution in [1.82, 2.24) is 4.90 Å². The topological polar surface area (TPSA) is 38.5 Å². The van der Waals surface area contributed by atoms with Crippen molar-refractivity contribution in [2.45, 2.75) is 12.0 Å². The molecule has 0 amide bonds. The molecule has 2 N–H and O–H groups in total. The van der Waals surface area contributed by atoms with Crippen molar-refractivity contribution in [3.8, 4) is 5.75 Å². The summed E-state index contributed by atoms with van der Waals surface area (Å²) in [4.78, 5) is 2.27. The molecule has 2 rings (SSSR count). The van der Waals surface area contributed by atoms with Crippen molar-refractivity contribution in [2.75, 3.05) is 27.2 Å². The van der Waals surface area contributed by atoms with Gasteiger partial charge in [-0.15, -0.1) is 0 Å². The Kier molecular flexibility index (Phi) is 2.93. The van der Waals surface area contributed by atoms with E-state index in [1.807, 2.05) is 12.1 Å². The van der Waals surface area contributed by atoms with Crippen LogP contribution in [-0.4, -0.2) is 38.2 Å². The highest BCUT2D eigenvalue weighted by Gasteiger charge is 2.29. The van der Waals surface area contributed by atoms with Gasteiger partial charge in [-0.3, -0.25) is 0 Å². The van der Waals surface area contributed by atoms with Gasteiger partial charge in [0.25, 0.3) is 0 Å². The largest absolute Gasteiger partial charge is 0.497 e. The quantitative estimate of drug-likeness (QED) is 0.786. The molecule has 15 heavy (non-hydrogen) atoms. The first kappa shape index (κ1) is 10.5. The zero-order valence-corrected chi connectivity index (χ0v) is 9.31. The molecule has 0 spiro atoms. The highest BCUT2D eigenvalue weighted by molar-refractivity contribution is 5.32. The van der Waals surface area contributed by atoms with Crippen LogP contribution in [0.4, 0.5) is 0 Å². The maximum Gasteiger partial charge on any atom is 0.119 e. The maximum absolute atomic E-state index is 6.11. The number of rotatable bonds is 2. The van der Waals surface area contributed by atoms with Gasteiger partial charge in [-0.25, -0.2) is 0 Å². The zero-order chi connectivity index (χ0) is 10.8. The molecular formula is C12H18N2O. The van der Waals surface area contributed by atoms with E-state index in [0.717, 1.165) is 18.8 Å². The minimum Gasteiger partial charge on any atom is -0.497 e. The summed E-state index contributed by atoms with van der Waals surface area (Å²) in [7, 11) is 3.81. The number of hydrogen-bond acceptors (Lipinski definition) is 3. The fourth-order valence-corrected chi connectivity index (χ4v) is 2.26. The van der Waals surface area contributed by atoms with E-state index >= 15 is 0 Å². The average Bonchev–Trinajstić information content (AvgIpc) is 2.58. The SMILES string of the molecule is COc1cccc([C@H]2CN(C)C[C@H]2N)c1. The summed E-state index contributed by atoms with van der Waals surface area (Å²) in [5, 5.41) is 0. The lowest BCUT2D eigenvalue weighted by molar-refractivity contribution is 0.406. The van der Waals surface area contributed by atoms with E-state index in [4.69, 9.17) is 10.5 Å². The van der Waals surface area contributed by atoms with Crippen LogP contribution in [0.5, 0.6) is 5.75 Å². The smallest absolute Gasteiger partial charge is 0.119 e. The zero-order valence-electron chi connectivity index (χ0n) is 9.31. The van der Waals surface area contributed by atoms with E-state index in [9.17, 15) is 0 Å². The molecule has 0 bridgehead atoms. The van der Waals surface area contributed by atoms with Crippen LogP contribution in [0.3, 0.4) is 0 Å². The van der Waals surface area contributed by atoms with Crippen LogP contribution in [0.2, 0.25) is 0 Å². The Balaban J connectivity index is 2.21. The third-order valence-electron chi connectivity index (χ3n) is 3.07. The lowest BCUT2D eigenvalue weighted by atomic mass is 9.95. The van der Waals surface area contributed by atoms with Crippen LogP contribution in [0.15, 0.2) is 24.3 Å². The molecular weight excluding hydrogens is 188 g/mol. The predicted molar refractivity (Wildman–Crippen MR) is 61.2 cm³/mol. The van der Waals surface area contributed by atoms with E-state index in [0.29, 0.717) is 5.92 Å². The second-order valence-corrected chi connectivity index (χ2v) is 4.27. The summed E-state index contributed by atoms with van der Waals surface area (Å²) in [6, 6.07) is 8.45. The van der Waals surface area contributed by atoms with Gasteiger partial charge in [0, 0.05) is 25.0 Å². The number of ether oxygens (including phenoxy) is 1. The molecule has 0 aromatic heterocycles. The number of benzene rings is 1. The molecule has 1 aliphatic rings. The van der Waals surface area contributed by atoms with Crippen molar-refractivity contribution >= 4 is 0 Å². The summed E-state index contributed by atoms with van der Waals surface area (Å²) in [5.41, 5.74) is 7.39. The second-order valence-electron chi connectivity index (χ2n) is 4.27. The molecule has 1 fully saturated rings. The second kappa shape index (κ2) is 4.21. The number of likely N-dealkylation sites (tertiary alicyclic amines) is 1. The van der Waals surface area contributed by atoms with Gasteiger partial charge >= 0.3 is 0 Å². The average molecular weight is 206 g/mol. The van der Waals surface area contributed by atoms with Gasteiger partial charge in [-0.2, -0.15) is 0 Å². The molecule has 1 aliphatic heterocycles. The molecule has 82 valence electrons. The summed E-state index contributed by atoms with van der Waals surface area (Å²) in [6.07, 6.45) is 0. The van der Waals surface area contributed by atoms with Crippen LogP contribution in [0.1, 0.15) is 11.5 Å². The number of likely N-dealkylation sites (N-methyl/N-ethyl adjacent to an activating group) is 1. The fourth-order valence-electron chi connectivity index (χ4n) is 2.26. The first-order valence-corrected chi connectivity index (χ1v) is 5.29. The van der Waals surface area contributed by atoms with Gasteiger partial charge in [0.1, 0.15) is 5.75 Å². The Hall–Kier alpha value is -1.06. The molecule has 2 atom stereocenters. The van der Waals surface area contributed by atoms with Gasteiger partial charge in [-0.05, 0) is 24.7 Å². The van der Waals surface area contributed by atoms with E-state index in [1.165, 1.54) is 5.56 Å². The lowest BCUT2D eigenvalue weighted by Gasteiger charge is -2.15. The van der Waals surface area contributed by atoms with Gasteiger partial charge in [0.15, 0.2) is 0 Å². The fraction of sp³-hybridized carbons (Fsp3) is 0.500. The minimum atomic E-state index is 0.238. The molecule has 3 heteroatoms. The first-order chi connectivity index (χ1) is 7.20. The minimum absolute atomic E-state index is 0.238. The summed E-state index contributed by atoms with van der Waals surface area (Å²) in [5.74, 6) is 1.35. The Morgan fingerprint density at radius 2 is 2.20 bits per heavy atom. The first-order valence-electron chi connectivity index (χ1n) is 5.29. The number of nitrogens with zero attached hydrogens (tertiary/aromatic N) is 1. The summed E-state index contributed by atoms with van der Waals surface area (Å²) in [6.45, 7) is 2.01. The molecule has 1 saturated heterocycles. The van der Waals surface area contributed by atoms with E-state index in [2.05, 4.69) is 24.1 Å². The highest BCUT2D eigenvalue weighted by atomic mass is 16.5. The Morgan fingerprint density at radius 1 is 1.40 bits per heavy atom. The van der Waals surface area contributed by atoms with E-state index < -0.39 is 0 Å². The third-order valence-corrected chi connectivity index (χ3v) is 3.07. The Bertz CT molecular complexity index is 340. The van der Waals surface area contributed by atoms with Crippen LogP contribution in [0, 0.1) is 0 Å². The maximum atomic E-state index is 6.11. The van der Waals surface area contributed by atoms with E-state index in [1.54, 1.807) is 7.11 Å². The van der Waals surface area contributed by atoms with Gasteiger partial charge < -0.3 is 15.4 Å². The van der Waals surface area contributed by atoms with Gasteiger partial charge in [-0.1, -0.05) is 12.1 Å². The summed E-state index contributed by atoms with van der Waals surface area (Å²) >= 11 is 0. The standard InChI is InChI=1S/C12H18N2O/c1-14-7-11(12(13)8-14)9-4-3-5-10(6-9)15-2/h3-6,11-12H,7-8,13H2,1-2H3/t11-,12-/m1/s1. The predicted octanol–water partition coefficient (Wildman–Crippen LogP) is 1.05. The Labute approximate surface area is 90.8 Å². The molecule has 1 heterocycles. The van der Waals surface area contributed by atoms with Crippen LogP contribution in [0.25, 0.3) is 0 Å². The molecule has 3 nitrogen and oxygen atoms in total. The van der Waals surface area contributed by atoms with Crippen LogP contribution >= 0.6 is 0 Å². The van der Waals surface area contributed by atoms with Gasteiger partial charge in [0.05, 0.1) is 7.11 Å².